The monoisotopic (exact) mass is 273 g/mol. The molecule has 0 amide bonds. The van der Waals surface area contributed by atoms with Gasteiger partial charge >= 0.3 is 5.97 Å². The molecule has 0 atom stereocenters. The Balaban J connectivity index is 2.21. The summed E-state index contributed by atoms with van der Waals surface area (Å²) in [6.45, 7) is 0. The number of rotatable bonds is 2. The lowest BCUT2D eigenvalue weighted by atomic mass is 10.2. The maximum atomic E-state index is 11.8. The number of fused-ring (bicyclic) bond motifs is 1. The molecule has 0 fully saturated rings. The Morgan fingerprint density at radius 2 is 2.21 bits per heavy atom. The molecule has 3 aromatic rings. The molecule has 3 rings (SSSR count). The topological polar surface area (TPSA) is 95.9 Å². The van der Waals surface area contributed by atoms with Gasteiger partial charge < -0.3 is 10.1 Å². The van der Waals surface area contributed by atoms with Gasteiger partial charge in [-0.3, -0.25) is 9.78 Å². The number of carboxylic acids is 1. The number of thiophene rings is 1. The quantitative estimate of drug-likeness (QED) is 0.741. The van der Waals surface area contributed by atoms with Crippen molar-refractivity contribution in [3.05, 3.63) is 45.7 Å². The predicted molar refractivity (Wildman–Crippen MR) is 70.4 cm³/mol. The summed E-state index contributed by atoms with van der Waals surface area (Å²) >= 11 is 1.31. The molecule has 6 nitrogen and oxygen atoms in total. The predicted octanol–water partition coefficient (Wildman–Crippen LogP) is 1.74. The fourth-order valence-corrected chi connectivity index (χ4v) is 2.41. The summed E-state index contributed by atoms with van der Waals surface area (Å²) in [4.78, 5) is 33.6. The molecule has 0 aliphatic rings. The van der Waals surface area contributed by atoms with Crippen LogP contribution in [0.3, 0.4) is 0 Å². The van der Waals surface area contributed by atoms with Gasteiger partial charge in [-0.25, -0.2) is 9.78 Å². The van der Waals surface area contributed by atoms with Crippen molar-refractivity contribution in [2.24, 2.45) is 0 Å². The molecule has 0 radical (unpaired) electrons. The third kappa shape index (κ3) is 2.00. The van der Waals surface area contributed by atoms with E-state index in [-0.39, 0.29) is 16.9 Å². The molecular weight excluding hydrogens is 266 g/mol. The number of hydrogen-bond acceptors (Lipinski definition) is 5. The summed E-state index contributed by atoms with van der Waals surface area (Å²) < 4.78 is 0.540. The molecule has 7 heteroatoms. The van der Waals surface area contributed by atoms with Crippen LogP contribution in [0.15, 0.2) is 34.6 Å². The normalized spacial score (nSPS) is 10.7. The number of H-pyrrole nitrogens is 1. The molecule has 0 aliphatic carbocycles. The Hall–Kier alpha value is -2.54. The van der Waals surface area contributed by atoms with E-state index >= 15 is 0 Å². The molecule has 94 valence electrons. The third-order valence-corrected chi connectivity index (χ3v) is 3.47. The second kappa shape index (κ2) is 4.29. The van der Waals surface area contributed by atoms with Crippen molar-refractivity contribution in [2.45, 2.75) is 0 Å². The van der Waals surface area contributed by atoms with Crippen molar-refractivity contribution in [2.75, 3.05) is 0 Å². The number of carbonyl (C=O) groups is 1. The number of aromatic nitrogens is 3. The van der Waals surface area contributed by atoms with Gasteiger partial charge in [-0.05, 0) is 23.6 Å². The molecule has 3 aromatic heterocycles. The zero-order valence-electron chi connectivity index (χ0n) is 9.45. The Kier molecular flexibility index (Phi) is 2.60. The summed E-state index contributed by atoms with van der Waals surface area (Å²) in [6, 6.07) is 4.49. The number of nitrogens with one attached hydrogen (secondary N) is 1. The van der Waals surface area contributed by atoms with Crippen molar-refractivity contribution >= 4 is 27.5 Å². The molecule has 0 aromatic carbocycles. The minimum Gasteiger partial charge on any atom is -0.478 e. The highest BCUT2D eigenvalue weighted by molar-refractivity contribution is 7.17. The van der Waals surface area contributed by atoms with Gasteiger partial charge in [0.2, 0.25) is 0 Å². The van der Waals surface area contributed by atoms with Crippen molar-refractivity contribution in [3.8, 4) is 11.5 Å². The highest BCUT2D eigenvalue weighted by Crippen LogP contribution is 2.18. The largest absolute Gasteiger partial charge is 0.478 e. The summed E-state index contributed by atoms with van der Waals surface area (Å²) in [5.41, 5.74) is 0.743. The van der Waals surface area contributed by atoms with Crippen LogP contribution >= 0.6 is 11.3 Å². The first-order valence-corrected chi connectivity index (χ1v) is 6.20. The number of nitrogens with zero attached hydrogens (tertiary/aromatic N) is 2. The number of aromatic amines is 1. The minimum atomic E-state index is -1.05. The average Bonchev–Trinajstić information content (AvgIpc) is 2.87. The number of hydrogen-bond donors (Lipinski definition) is 2. The van der Waals surface area contributed by atoms with Crippen LogP contribution in [-0.4, -0.2) is 26.0 Å². The van der Waals surface area contributed by atoms with Crippen LogP contribution in [0.1, 0.15) is 10.4 Å². The van der Waals surface area contributed by atoms with Crippen molar-refractivity contribution in [1.82, 2.24) is 15.0 Å². The van der Waals surface area contributed by atoms with Crippen molar-refractivity contribution < 1.29 is 9.90 Å². The van der Waals surface area contributed by atoms with Gasteiger partial charge in [0.1, 0.15) is 10.4 Å². The van der Waals surface area contributed by atoms with Gasteiger partial charge in [0.25, 0.3) is 5.56 Å². The van der Waals surface area contributed by atoms with Crippen LogP contribution in [0.4, 0.5) is 0 Å². The van der Waals surface area contributed by atoms with E-state index in [1.807, 2.05) is 0 Å². The Bertz CT molecular complexity index is 837. The molecular formula is C12H7N3O3S. The van der Waals surface area contributed by atoms with Gasteiger partial charge in [0.15, 0.2) is 5.82 Å². The molecule has 0 spiro atoms. The van der Waals surface area contributed by atoms with E-state index in [2.05, 4.69) is 15.0 Å². The van der Waals surface area contributed by atoms with Crippen molar-refractivity contribution in [1.29, 1.82) is 0 Å². The Morgan fingerprint density at radius 1 is 1.37 bits per heavy atom. The zero-order chi connectivity index (χ0) is 13.4. The number of aromatic carboxylic acids is 1. The van der Waals surface area contributed by atoms with E-state index in [1.54, 1.807) is 11.4 Å². The molecule has 0 unspecified atom stereocenters. The van der Waals surface area contributed by atoms with Crippen LogP contribution in [0.25, 0.3) is 21.7 Å². The van der Waals surface area contributed by atoms with Crippen molar-refractivity contribution in [3.63, 3.8) is 0 Å². The fraction of sp³-hybridized carbons (Fsp3) is 0. The fourth-order valence-electron chi connectivity index (χ4n) is 1.69. The number of carboxylic acid groups (broad SMARTS) is 1. The maximum Gasteiger partial charge on any atom is 0.335 e. The highest BCUT2D eigenvalue weighted by atomic mass is 32.1. The summed E-state index contributed by atoms with van der Waals surface area (Å²) in [5.74, 6) is -0.790. The van der Waals surface area contributed by atoms with E-state index in [1.165, 1.54) is 29.7 Å². The molecule has 0 aliphatic heterocycles. The number of pyridine rings is 1. The first kappa shape index (κ1) is 11.5. The molecule has 0 bridgehead atoms. The molecule has 0 saturated carbocycles. The van der Waals surface area contributed by atoms with Crippen LogP contribution in [0, 0.1) is 0 Å². The van der Waals surface area contributed by atoms with Crippen LogP contribution in [0.5, 0.6) is 0 Å². The van der Waals surface area contributed by atoms with Gasteiger partial charge in [0, 0.05) is 6.20 Å². The van der Waals surface area contributed by atoms with Gasteiger partial charge in [-0.2, -0.15) is 0 Å². The molecule has 0 saturated heterocycles. The zero-order valence-corrected chi connectivity index (χ0v) is 10.3. The average molecular weight is 273 g/mol. The molecule has 3 heterocycles. The summed E-state index contributed by atoms with van der Waals surface area (Å²) in [6.07, 6.45) is 1.37. The Morgan fingerprint density at radius 3 is 3.00 bits per heavy atom. The maximum absolute atomic E-state index is 11.8. The first-order valence-electron chi connectivity index (χ1n) is 5.32. The smallest absolute Gasteiger partial charge is 0.335 e. The summed E-state index contributed by atoms with van der Waals surface area (Å²) in [5, 5.41) is 10.7. The highest BCUT2D eigenvalue weighted by Gasteiger charge is 2.10. The van der Waals surface area contributed by atoms with Gasteiger partial charge in [-0.1, -0.05) is 0 Å². The van der Waals surface area contributed by atoms with Gasteiger partial charge in [-0.15, -0.1) is 11.3 Å². The van der Waals surface area contributed by atoms with Crippen LogP contribution in [0.2, 0.25) is 0 Å². The van der Waals surface area contributed by atoms with E-state index in [0.29, 0.717) is 15.9 Å². The van der Waals surface area contributed by atoms with E-state index in [4.69, 9.17) is 5.11 Å². The van der Waals surface area contributed by atoms with Gasteiger partial charge in [0.05, 0.1) is 11.1 Å². The lowest BCUT2D eigenvalue weighted by Gasteiger charge is -2.01. The molecule has 2 N–H and O–H groups in total. The third-order valence-electron chi connectivity index (χ3n) is 2.56. The Labute approximate surface area is 110 Å². The lowest BCUT2D eigenvalue weighted by molar-refractivity contribution is 0.0697. The van der Waals surface area contributed by atoms with E-state index < -0.39 is 5.97 Å². The second-order valence-corrected chi connectivity index (χ2v) is 4.70. The summed E-state index contributed by atoms with van der Waals surface area (Å²) in [7, 11) is 0. The first-order chi connectivity index (χ1) is 9.15. The lowest BCUT2D eigenvalue weighted by Crippen LogP contribution is -2.08. The van der Waals surface area contributed by atoms with Crippen LogP contribution < -0.4 is 5.56 Å². The second-order valence-electron chi connectivity index (χ2n) is 3.78. The standard InChI is InChI=1S/C12H7N3O3S/c16-11-9-7(2-4-19-9)14-10(15-11)8-5-6(12(17)18)1-3-13-8/h1-5H,(H,17,18)(H,14,15,16). The van der Waals surface area contributed by atoms with E-state index in [0.717, 1.165) is 0 Å². The SMILES string of the molecule is O=C(O)c1ccnc(-c2nc3ccsc3c(=O)[nH]2)c1. The molecule has 19 heavy (non-hydrogen) atoms. The van der Waals surface area contributed by atoms with Crippen LogP contribution in [-0.2, 0) is 0 Å². The minimum absolute atomic E-state index is 0.0954. The van der Waals surface area contributed by atoms with E-state index in [9.17, 15) is 9.59 Å².